The van der Waals surface area contributed by atoms with Gasteiger partial charge in [0.1, 0.15) is 0 Å². The molecule has 3 heteroatoms. The van der Waals surface area contributed by atoms with Crippen LogP contribution in [0, 0.1) is 0 Å². The molecule has 1 aromatic rings. The van der Waals surface area contributed by atoms with Crippen molar-refractivity contribution in [3.8, 4) is 0 Å². The van der Waals surface area contributed by atoms with Gasteiger partial charge in [-0.05, 0) is 26.6 Å². The maximum absolute atomic E-state index is 5.90. The molecule has 0 aliphatic rings. The highest BCUT2D eigenvalue weighted by atomic mass is 15.2. The maximum atomic E-state index is 5.90. The van der Waals surface area contributed by atoms with Gasteiger partial charge in [0.2, 0.25) is 0 Å². The molecule has 96 valence electrons. The average molecular weight is 235 g/mol. The quantitative estimate of drug-likeness (QED) is 0.775. The molecule has 0 bridgehead atoms. The monoisotopic (exact) mass is 235 g/mol. The minimum Gasteiger partial charge on any atom is -0.327 e. The molecule has 2 N–H and O–H groups in total. The Morgan fingerprint density at radius 2 is 1.76 bits per heavy atom. The number of rotatable bonds is 7. The molecule has 0 aliphatic heterocycles. The lowest BCUT2D eigenvalue weighted by molar-refractivity contribution is 0.224. The summed E-state index contributed by atoms with van der Waals surface area (Å²) in [5.74, 6) is 0. The molecule has 0 fully saturated rings. The normalized spacial score (nSPS) is 13.3. The zero-order valence-electron chi connectivity index (χ0n) is 11.3. The molecule has 0 saturated heterocycles. The average Bonchev–Trinajstić information content (AvgIpc) is 2.26. The van der Waals surface area contributed by atoms with Gasteiger partial charge in [-0.1, -0.05) is 30.3 Å². The van der Waals surface area contributed by atoms with E-state index in [1.165, 1.54) is 5.56 Å². The first-order chi connectivity index (χ1) is 8.08. The molecule has 0 unspecified atom stereocenters. The van der Waals surface area contributed by atoms with E-state index in [1.807, 2.05) is 0 Å². The largest absolute Gasteiger partial charge is 0.327 e. The summed E-state index contributed by atoms with van der Waals surface area (Å²) in [6.45, 7) is 6.12. The lowest BCUT2D eigenvalue weighted by Gasteiger charge is -2.25. The molecule has 1 rings (SSSR count). The highest BCUT2D eigenvalue weighted by Crippen LogP contribution is 2.04. The Bertz CT molecular complexity index is 296. The number of likely N-dealkylation sites (N-methyl/N-ethyl adjacent to an activating group) is 1. The van der Waals surface area contributed by atoms with Crippen molar-refractivity contribution in [2.75, 3.05) is 33.7 Å². The van der Waals surface area contributed by atoms with Gasteiger partial charge in [0.15, 0.2) is 0 Å². The van der Waals surface area contributed by atoms with Crippen molar-refractivity contribution >= 4 is 0 Å². The molecule has 1 aromatic carbocycles. The predicted molar refractivity (Wildman–Crippen MR) is 73.9 cm³/mol. The van der Waals surface area contributed by atoms with Crippen LogP contribution in [0.2, 0.25) is 0 Å². The number of nitrogens with two attached hydrogens (primary N) is 1. The van der Waals surface area contributed by atoms with Crippen LogP contribution in [0.25, 0.3) is 0 Å². The zero-order valence-corrected chi connectivity index (χ0v) is 11.3. The number of hydrogen-bond donors (Lipinski definition) is 1. The summed E-state index contributed by atoms with van der Waals surface area (Å²) in [7, 11) is 4.21. The summed E-state index contributed by atoms with van der Waals surface area (Å²) in [6, 6.07) is 10.8. The molecule has 0 aromatic heterocycles. The van der Waals surface area contributed by atoms with Crippen LogP contribution >= 0.6 is 0 Å². The first kappa shape index (κ1) is 14.2. The lowest BCUT2D eigenvalue weighted by atomic mass is 10.2. The Hall–Kier alpha value is -0.900. The summed E-state index contributed by atoms with van der Waals surface area (Å²) in [6.07, 6.45) is 0. The fraction of sp³-hybridized carbons (Fsp3) is 0.571. The standard InChI is InChI=1S/C14H25N3/c1-13(15)11-17(10-9-16(2)3)12-14-7-5-4-6-8-14/h4-8,13H,9-12,15H2,1-3H3/t13-/m0/s1. The van der Waals surface area contributed by atoms with Crippen LogP contribution in [-0.4, -0.2) is 49.6 Å². The van der Waals surface area contributed by atoms with Gasteiger partial charge in [-0.15, -0.1) is 0 Å². The van der Waals surface area contributed by atoms with Crippen LogP contribution in [0.15, 0.2) is 30.3 Å². The summed E-state index contributed by atoms with van der Waals surface area (Å²) in [4.78, 5) is 4.62. The predicted octanol–water partition coefficient (Wildman–Crippen LogP) is 1.40. The Labute approximate surface area is 105 Å². The summed E-state index contributed by atoms with van der Waals surface area (Å²) in [5, 5.41) is 0. The van der Waals surface area contributed by atoms with Gasteiger partial charge < -0.3 is 10.6 Å². The first-order valence-electron chi connectivity index (χ1n) is 6.24. The smallest absolute Gasteiger partial charge is 0.0234 e. The third-order valence-electron chi connectivity index (χ3n) is 2.66. The van der Waals surface area contributed by atoms with Crippen molar-refractivity contribution in [1.82, 2.24) is 9.80 Å². The number of nitrogens with zero attached hydrogens (tertiary/aromatic N) is 2. The van der Waals surface area contributed by atoms with E-state index in [9.17, 15) is 0 Å². The first-order valence-corrected chi connectivity index (χ1v) is 6.24. The third kappa shape index (κ3) is 6.41. The summed E-state index contributed by atoms with van der Waals surface area (Å²) in [5.41, 5.74) is 7.25. The van der Waals surface area contributed by atoms with Gasteiger partial charge >= 0.3 is 0 Å². The van der Waals surface area contributed by atoms with E-state index in [0.29, 0.717) is 0 Å². The van der Waals surface area contributed by atoms with E-state index in [-0.39, 0.29) is 6.04 Å². The van der Waals surface area contributed by atoms with Crippen LogP contribution < -0.4 is 5.73 Å². The van der Waals surface area contributed by atoms with Crippen LogP contribution in [-0.2, 0) is 6.54 Å². The van der Waals surface area contributed by atoms with Crippen molar-refractivity contribution < 1.29 is 0 Å². The molecule has 0 heterocycles. The van der Waals surface area contributed by atoms with Crippen molar-refractivity contribution in [3.63, 3.8) is 0 Å². The Balaban J connectivity index is 2.51. The molecule has 0 aliphatic carbocycles. The second-order valence-corrected chi connectivity index (χ2v) is 5.00. The van der Waals surface area contributed by atoms with E-state index < -0.39 is 0 Å². The summed E-state index contributed by atoms with van der Waals surface area (Å²) >= 11 is 0. The molecule has 0 amide bonds. The van der Waals surface area contributed by atoms with Gasteiger partial charge in [-0.3, -0.25) is 4.90 Å². The van der Waals surface area contributed by atoms with Crippen molar-refractivity contribution in [1.29, 1.82) is 0 Å². The second kappa shape index (κ2) is 7.43. The third-order valence-corrected chi connectivity index (χ3v) is 2.66. The van der Waals surface area contributed by atoms with E-state index in [4.69, 9.17) is 5.73 Å². The van der Waals surface area contributed by atoms with Gasteiger partial charge in [0.05, 0.1) is 0 Å². The van der Waals surface area contributed by atoms with Crippen LogP contribution in [0.1, 0.15) is 12.5 Å². The fourth-order valence-electron chi connectivity index (χ4n) is 1.83. The Morgan fingerprint density at radius 1 is 1.12 bits per heavy atom. The number of hydrogen-bond acceptors (Lipinski definition) is 3. The lowest BCUT2D eigenvalue weighted by Crippen LogP contribution is -2.38. The molecule has 0 radical (unpaired) electrons. The van der Waals surface area contributed by atoms with Crippen LogP contribution in [0.3, 0.4) is 0 Å². The molecular weight excluding hydrogens is 210 g/mol. The Morgan fingerprint density at radius 3 is 2.29 bits per heavy atom. The maximum Gasteiger partial charge on any atom is 0.0234 e. The van der Waals surface area contributed by atoms with E-state index in [0.717, 1.165) is 26.2 Å². The van der Waals surface area contributed by atoms with Gasteiger partial charge in [-0.2, -0.15) is 0 Å². The van der Waals surface area contributed by atoms with Crippen molar-refractivity contribution in [3.05, 3.63) is 35.9 Å². The molecule has 0 saturated carbocycles. The highest BCUT2D eigenvalue weighted by Gasteiger charge is 2.08. The van der Waals surface area contributed by atoms with Crippen LogP contribution in [0.4, 0.5) is 0 Å². The van der Waals surface area contributed by atoms with E-state index in [2.05, 4.69) is 61.2 Å². The van der Waals surface area contributed by atoms with Gasteiger partial charge in [0.25, 0.3) is 0 Å². The summed E-state index contributed by atoms with van der Waals surface area (Å²) < 4.78 is 0. The van der Waals surface area contributed by atoms with Crippen LogP contribution in [0.5, 0.6) is 0 Å². The van der Waals surface area contributed by atoms with Crippen molar-refractivity contribution in [2.24, 2.45) is 5.73 Å². The molecule has 17 heavy (non-hydrogen) atoms. The second-order valence-electron chi connectivity index (χ2n) is 5.00. The molecular formula is C14H25N3. The molecule has 0 spiro atoms. The minimum atomic E-state index is 0.223. The van der Waals surface area contributed by atoms with Gasteiger partial charge in [-0.25, -0.2) is 0 Å². The SMILES string of the molecule is C[C@H](N)CN(CCN(C)C)Cc1ccccc1. The minimum absolute atomic E-state index is 0.223. The molecule has 3 nitrogen and oxygen atoms in total. The topological polar surface area (TPSA) is 32.5 Å². The highest BCUT2D eigenvalue weighted by molar-refractivity contribution is 5.14. The van der Waals surface area contributed by atoms with Gasteiger partial charge in [0, 0.05) is 32.2 Å². The fourth-order valence-corrected chi connectivity index (χ4v) is 1.83. The van der Waals surface area contributed by atoms with Crippen molar-refractivity contribution in [2.45, 2.75) is 19.5 Å². The van der Waals surface area contributed by atoms with E-state index in [1.54, 1.807) is 0 Å². The Kier molecular flexibility index (Phi) is 6.19. The zero-order chi connectivity index (χ0) is 12.7. The molecule has 1 atom stereocenters. The number of benzene rings is 1. The van der Waals surface area contributed by atoms with E-state index >= 15 is 0 Å².